The number of carbonyl (C=O) groups excluding carboxylic acids is 1. The normalized spacial score (nSPS) is 19.0. The minimum absolute atomic E-state index is 0.316. The number of hydrogen-bond donors (Lipinski definition) is 1. The molecule has 0 aliphatic heterocycles. The van der Waals surface area contributed by atoms with Gasteiger partial charge in [0.1, 0.15) is 0 Å². The van der Waals surface area contributed by atoms with Crippen molar-refractivity contribution in [2.45, 2.75) is 64.8 Å². The lowest BCUT2D eigenvalue weighted by atomic mass is 9.93. The van der Waals surface area contributed by atoms with Crippen molar-refractivity contribution in [2.24, 2.45) is 11.7 Å². The maximum atomic E-state index is 12.3. The quantitative estimate of drug-likeness (QED) is 0.775. The molecule has 1 atom stereocenters. The maximum absolute atomic E-state index is 12.3. The number of amides is 1. The largest absolute Gasteiger partial charge is 0.340 e. The third-order valence-corrected chi connectivity index (χ3v) is 4.05. The van der Waals surface area contributed by atoms with Crippen molar-refractivity contribution >= 4 is 5.91 Å². The number of rotatable bonds is 6. The summed E-state index contributed by atoms with van der Waals surface area (Å²) in [5.41, 5.74) is 5.68. The molecule has 2 N–H and O–H groups in total. The molecule has 1 saturated carbocycles. The summed E-state index contributed by atoms with van der Waals surface area (Å²) in [5.74, 6) is 0.678. The summed E-state index contributed by atoms with van der Waals surface area (Å²) in [4.78, 5) is 14.4. The van der Waals surface area contributed by atoms with Gasteiger partial charge in [-0.3, -0.25) is 4.79 Å². The lowest BCUT2D eigenvalue weighted by molar-refractivity contribution is -0.135. The Bertz CT molecular complexity index is 220. The molecular weight excluding hydrogens is 212 g/mol. The highest BCUT2D eigenvalue weighted by Crippen LogP contribution is 2.23. The van der Waals surface area contributed by atoms with Crippen molar-refractivity contribution in [3.63, 3.8) is 0 Å². The predicted octanol–water partition coefficient (Wildman–Crippen LogP) is 2.54. The van der Waals surface area contributed by atoms with Gasteiger partial charge in [-0.05, 0) is 32.2 Å². The van der Waals surface area contributed by atoms with Gasteiger partial charge in [0.2, 0.25) is 5.91 Å². The molecule has 0 aromatic rings. The summed E-state index contributed by atoms with van der Waals surface area (Å²) >= 11 is 0. The molecule has 1 fully saturated rings. The second-order valence-corrected chi connectivity index (χ2v) is 5.19. The third kappa shape index (κ3) is 4.30. The topological polar surface area (TPSA) is 46.3 Å². The summed E-state index contributed by atoms with van der Waals surface area (Å²) in [6, 6.07) is 0.497. The second-order valence-electron chi connectivity index (χ2n) is 5.19. The van der Waals surface area contributed by atoms with Crippen molar-refractivity contribution < 1.29 is 4.79 Å². The van der Waals surface area contributed by atoms with Gasteiger partial charge in [0, 0.05) is 19.0 Å². The van der Waals surface area contributed by atoms with Crippen molar-refractivity contribution in [2.75, 3.05) is 13.1 Å². The van der Waals surface area contributed by atoms with Crippen LogP contribution in [-0.2, 0) is 4.79 Å². The molecular formula is C14H28N2O. The van der Waals surface area contributed by atoms with Crippen LogP contribution in [0.4, 0.5) is 0 Å². The Kier molecular flexibility index (Phi) is 6.56. The molecule has 0 aromatic heterocycles. The fourth-order valence-electron chi connectivity index (χ4n) is 2.79. The van der Waals surface area contributed by atoms with Crippen LogP contribution in [0.3, 0.4) is 0 Å². The fraction of sp³-hybridized carbons (Fsp3) is 0.929. The lowest BCUT2D eigenvalue weighted by Gasteiger charge is -2.34. The van der Waals surface area contributed by atoms with E-state index in [1.807, 2.05) is 0 Å². The molecule has 1 aliphatic carbocycles. The van der Waals surface area contributed by atoms with Crippen molar-refractivity contribution in [3.8, 4) is 0 Å². The Morgan fingerprint density at radius 1 is 1.29 bits per heavy atom. The maximum Gasteiger partial charge on any atom is 0.223 e. The van der Waals surface area contributed by atoms with Crippen LogP contribution in [0.5, 0.6) is 0 Å². The average molecular weight is 240 g/mol. The molecule has 0 spiro atoms. The summed E-state index contributed by atoms with van der Waals surface area (Å²) in [5, 5.41) is 0. The monoisotopic (exact) mass is 240 g/mol. The van der Waals surface area contributed by atoms with Crippen LogP contribution in [0, 0.1) is 5.92 Å². The highest BCUT2D eigenvalue weighted by molar-refractivity contribution is 5.76. The van der Waals surface area contributed by atoms with Gasteiger partial charge < -0.3 is 10.6 Å². The minimum atomic E-state index is 0.316. The molecule has 100 valence electrons. The van der Waals surface area contributed by atoms with E-state index in [1.165, 1.54) is 32.1 Å². The van der Waals surface area contributed by atoms with E-state index >= 15 is 0 Å². The van der Waals surface area contributed by atoms with Crippen molar-refractivity contribution in [3.05, 3.63) is 0 Å². The van der Waals surface area contributed by atoms with Crippen LogP contribution in [0.25, 0.3) is 0 Å². The molecule has 0 saturated heterocycles. The third-order valence-electron chi connectivity index (χ3n) is 4.05. The molecule has 0 radical (unpaired) electrons. The van der Waals surface area contributed by atoms with E-state index in [1.54, 1.807) is 0 Å². The van der Waals surface area contributed by atoms with Crippen LogP contribution < -0.4 is 5.73 Å². The molecule has 1 rings (SSSR count). The predicted molar refractivity (Wildman–Crippen MR) is 71.7 cm³/mol. The molecule has 1 unspecified atom stereocenters. The Morgan fingerprint density at radius 3 is 2.41 bits per heavy atom. The summed E-state index contributed by atoms with van der Waals surface area (Å²) < 4.78 is 0. The van der Waals surface area contributed by atoms with Gasteiger partial charge in [0.05, 0.1) is 0 Å². The zero-order valence-electron chi connectivity index (χ0n) is 11.5. The van der Waals surface area contributed by atoms with E-state index < -0.39 is 0 Å². The first-order valence-corrected chi connectivity index (χ1v) is 7.22. The first kappa shape index (κ1) is 14.5. The van der Waals surface area contributed by atoms with E-state index in [0.29, 0.717) is 30.8 Å². The molecule has 17 heavy (non-hydrogen) atoms. The van der Waals surface area contributed by atoms with Gasteiger partial charge in [0.15, 0.2) is 0 Å². The van der Waals surface area contributed by atoms with E-state index in [-0.39, 0.29) is 0 Å². The summed E-state index contributed by atoms with van der Waals surface area (Å²) in [6.07, 6.45) is 7.92. The Hall–Kier alpha value is -0.570. The number of carbonyl (C=O) groups is 1. The van der Waals surface area contributed by atoms with Gasteiger partial charge in [-0.1, -0.05) is 32.6 Å². The van der Waals surface area contributed by atoms with E-state index in [4.69, 9.17) is 5.73 Å². The zero-order valence-corrected chi connectivity index (χ0v) is 11.5. The van der Waals surface area contributed by atoms with Crippen LogP contribution in [0.2, 0.25) is 0 Å². The number of nitrogens with two attached hydrogens (primary N) is 1. The molecule has 0 heterocycles. The van der Waals surface area contributed by atoms with Crippen LogP contribution >= 0.6 is 0 Å². The summed E-state index contributed by atoms with van der Waals surface area (Å²) in [6.45, 7) is 5.69. The van der Waals surface area contributed by atoms with Gasteiger partial charge >= 0.3 is 0 Å². The summed E-state index contributed by atoms with van der Waals surface area (Å²) in [7, 11) is 0. The lowest BCUT2D eigenvalue weighted by Crippen LogP contribution is -2.42. The molecule has 1 aliphatic rings. The van der Waals surface area contributed by atoms with Gasteiger partial charge in [-0.15, -0.1) is 0 Å². The zero-order chi connectivity index (χ0) is 12.7. The second kappa shape index (κ2) is 7.70. The van der Waals surface area contributed by atoms with E-state index in [0.717, 1.165) is 13.0 Å². The molecule has 0 bridgehead atoms. The first-order valence-electron chi connectivity index (χ1n) is 7.22. The smallest absolute Gasteiger partial charge is 0.223 e. The van der Waals surface area contributed by atoms with E-state index in [2.05, 4.69) is 18.7 Å². The van der Waals surface area contributed by atoms with Crippen molar-refractivity contribution in [1.82, 2.24) is 4.90 Å². The SMILES string of the molecule is CCC(CN)CC(=O)N(CC)C1CCCCC1. The molecule has 3 nitrogen and oxygen atoms in total. The van der Waals surface area contributed by atoms with Crippen LogP contribution in [-0.4, -0.2) is 29.9 Å². The Balaban J connectivity index is 2.50. The van der Waals surface area contributed by atoms with Gasteiger partial charge in [-0.25, -0.2) is 0 Å². The Labute approximate surface area is 106 Å². The standard InChI is InChI=1S/C14H28N2O/c1-3-12(11-15)10-14(17)16(4-2)13-8-6-5-7-9-13/h12-13H,3-11,15H2,1-2H3. The highest BCUT2D eigenvalue weighted by Gasteiger charge is 2.25. The van der Waals surface area contributed by atoms with Gasteiger partial charge in [-0.2, -0.15) is 0 Å². The van der Waals surface area contributed by atoms with Crippen molar-refractivity contribution in [1.29, 1.82) is 0 Å². The fourth-order valence-corrected chi connectivity index (χ4v) is 2.79. The van der Waals surface area contributed by atoms with Crippen LogP contribution in [0.1, 0.15) is 58.8 Å². The minimum Gasteiger partial charge on any atom is -0.340 e. The number of nitrogens with zero attached hydrogens (tertiary/aromatic N) is 1. The molecule has 0 aromatic carbocycles. The first-order chi connectivity index (χ1) is 8.22. The van der Waals surface area contributed by atoms with Gasteiger partial charge in [0.25, 0.3) is 0 Å². The van der Waals surface area contributed by atoms with E-state index in [9.17, 15) is 4.79 Å². The average Bonchev–Trinajstić information content (AvgIpc) is 2.38. The molecule has 3 heteroatoms. The van der Waals surface area contributed by atoms with Crippen LogP contribution in [0.15, 0.2) is 0 Å². The highest BCUT2D eigenvalue weighted by atomic mass is 16.2. The Morgan fingerprint density at radius 2 is 1.94 bits per heavy atom. The molecule has 1 amide bonds. The number of hydrogen-bond acceptors (Lipinski definition) is 2.